The van der Waals surface area contributed by atoms with Gasteiger partial charge in [-0.3, -0.25) is 4.79 Å². The maximum absolute atomic E-state index is 12.6. The van der Waals surface area contributed by atoms with Crippen LogP contribution in [0, 0.1) is 6.92 Å². The van der Waals surface area contributed by atoms with Gasteiger partial charge in [-0.25, -0.2) is 14.8 Å². The molecule has 0 aliphatic heterocycles. The number of methoxy groups -OCH3 is 2. The Morgan fingerprint density at radius 1 is 1.07 bits per heavy atom. The largest absolute Gasteiger partial charge is 0.493 e. The summed E-state index contributed by atoms with van der Waals surface area (Å²) in [5.41, 5.74) is 2.43. The average Bonchev–Trinajstić information content (AvgIpc) is 3.41. The Labute approximate surface area is 249 Å². The molecule has 1 amide bonds. The number of anilines is 1. The molecule has 0 aliphatic carbocycles. The molecule has 2 atom stereocenters. The fourth-order valence-corrected chi connectivity index (χ4v) is 5.60. The van der Waals surface area contributed by atoms with Crippen molar-refractivity contribution in [1.29, 1.82) is 0 Å². The molecule has 0 saturated heterocycles. The lowest BCUT2D eigenvalue weighted by atomic mass is 9.94. The number of benzene rings is 2. The van der Waals surface area contributed by atoms with Crippen LogP contribution in [0.3, 0.4) is 0 Å². The molecular weight excluding hydrogens is 556 g/mol. The van der Waals surface area contributed by atoms with E-state index < -0.39 is 23.7 Å². The number of hydrogen-bond donors (Lipinski definition) is 3. The molecule has 0 bridgehead atoms. The molecule has 0 spiro atoms. The number of carbonyl (C=O) groups excluding carboxylic acids is 1. The fourth-order valence-electron chi connectivity index (χ4n) is 4.68. The van der Waals surface area contributed by atoms with Crippen molar-refractivity contribution in [2.75, 3.05) is 19.5 Å². The molecule has 0 aliphatic rings. The number of aryl methyl sites for hydroxylation is 1. The van der Waals surface area contributed by atoms with Gasteiger partial charge in [0.25, 0.3) is 0 Å². The van der Waals surface area contributed by atoms with Crippen molar-refractivity contribution in [2.45, 2.75) is 58.7 Å². The molecule has 0 fully saturated rings. The number of nitrogens with zero attached hydrogens (tertiary/aromatic N) is 2. The number of amides is 1. The van der Waals surface area contributed by atoms with E-state index in [9.17, 15) is 14.7 Å². The van der Waals surface area contributed by atoms with Crippen LogP contribution >= 0.6 is 11.3 Å². The van der Waals surface area contributed by atoms with Crippen LogP contribution in [0.1, 0.15) is 62.5 Å². The smallest absolute Gasteiger partial charge is 0.408 e. The Kier molecular flexibility index (Phi) is 9.20. The minimum absolute atomic E-state index is 0.140. The van der Waals surface area contributed by atoms with Crippen LogP contribution in [0.2, 0.25) is 0 Å². The summed E-state index contributed by atoms with van der Waals surface area (Å²) in [6.07, 6.45) is -0.969. The number of aromatic nitrogens is 2. The van der Waals surface area contributed by atoms with E-state index in [1.54, 1.807) is 46.3 Å². The van der Waals surface area contributed by atoms with E-state index in [2.05, 4.69) is 26.7 Å². The Morgan fingerprint density at radius 3 is 2.48 bits per heavy atom. The summed E-state index contributed by atoms with van der Waals surface area (Å²) in [5, 5.41) is 18.6. The van der Waals surface area contributed by atoms with Crippen LogP contribution in [0.15, 0.2) is 47.8 Å². The topological polar surface area (TPSA) is 132 Å². The number of hydrogen-bond acceptors (Lipinski definition) is 9. The van der Waals surface area contributed by atoms with Crippen molar-refractivity contribution in [2.24, 2.45) is 0 Å². The van der Waals surface area contributed by atoms with E-state index in [0.717, 1.165) is 26.9 Å². The van der Waals surface area contributed by atoms with Crippen LogP contribution in [0.5, 0.6) is 11.5 Å². The molecule has 11 heteroatoms. The van der Waals surface area contributed by atoms with Gasteiger partial charge >= 0.3 is 12.1 Å². The van der Waals surface area contributed by atoms with E-state index in [4.69, 9.17) is 14.2 Å². The van der Waals surface area contributed by atoms with Gasteiger partial charge in [0.05, 0.1) is 43.6 Å². The summed E-state index contributed by atoms with van der Waals surface area (Å²) < 4.78 is 16.6. The molecule has 2 unspecified atom stereocenters. The predicted molar refractivity (Wildman–Crippen MR) is 164 cm³/mol. The van der Waals surface area contributed by atoms with E-state index >= 15 is 0 Å². The molecule has 4 rings (SSSR count). The second-order valence-electron chi connectivity index (χ2n) is 10.8. The molecule has 10 nitrogen and oxygen atoms in total. The van der Waals surface area contributed by atoms with Crippen LogP contribution in [-0.4, -0.2) is 47.0 Å². The van der Waals surface area contributed by atoms with Crippen LogP contribution in [0.4, 0.5) is 10.6 Å². The first-order valence-electron chi connectivity index (χ1n) is 13.4. The van der Waals surface area contributed by atoms with Crippen molar-refractivity contribution in [3.8, 4) is 22.6 Å². The summed E-state index contributed by atoms with van der Waals surface area (Å²) in [6.45, 7) is 9.15. The SMILES string of the molecule is COc1ccc2nc(C)nc(NC(C)c3cc(-c4ccccc4C(CC(=O)O)NC(=O)OC(C)(C)C)cs3)c2c1OC. The van der Waals surface area contributed by atoms with Gasteiger partial charge in [-0.2, -0.15) is 0 Å². The highest BCUT2D eigenvalue weighted by molar-refractivity contribution is 7.10. The van der Waals surface area contributed by atoms with Gasteiger partial charge in [-0.05, 0) is 74.9 Å². The third-order valence-electron chi connectivity index (χ3n) is 6.43. The Balaban J connectivity index is 1.66. The quantitative estimate of drug-likeness (QED) is 0.180. The van der Waals surface area contributed by atoms with E-state index in [1.807, 2.05) is 55.6 Å². The third kappa shape index (κ3) is 7.09. The van der Waals surface area contributed by atoms with Crippen molar-refractivity contribution in [3.05, 3.63) is 64.1 Å². The standard InChI is InChI=1S/C31H36N4O6S/c1-17(32-29-27-22(33-18(2)34-29)12-13-24(39-6)28(27)40-7)25-14-19(16-42-25)20-10-8-9-11-21(20)23(15-26(36)37)35-30(38)41-31(3,4)5/h8-14,16-17,23H,15H2,1-7H3,(H,35,38)(H,36,37)(H,32,33,34). The first-order valence-corrected chi connectivity index (χ1v) is 14.3. The lowest BCUT2D eigenvalue weighted by Crippen LogP contribution is -2.36. The molecule has 0 saturated carbocycles. The van der Waals surface area contributed by atoms with Gasteiger partial charge in [-0.1, -0.05) is 24.3 Å². The predicted octanol–water partition coefficient (Wildman–Crippen LogP) is 6.90. The minimum atomic E-state index is -1.03. The highest BCUT2D eigenvalue weighted by atomic mass is 32.1. The molecule has 2 aromatic carbocycles. The number of aliphatic carboxylic acids is 1. The lowest BCUT2D eigenvalue weighted by Gasteiger charge is -2.24. The van der Waals surface area contributed by atoms with Gasteiger partial charge in [0.1, 0.15) is 17.2 Å². The zero-order valence-corrected chi connectivity index (χ0v) is 25.6. The van der Waals surface area contributed by atoms with Crippen LogP contribution in [-0.2, 0) is 9.53 Å². The molecule has 2 heterocycles. The van der Waals surface area contributed by atoms with Gasteiger partial charge in [0, 0.05) is 4.88 Å². The lowest BCUT2D eigenvalue weighted by molar-refractivity contribution is -0.137. The minimum Gasteiger partial charge on any atom is -0.493 e. The highest BCUT2D eigenvalue weighted by Crippen LogP contribution is 2.40. The summed E-state index contributed by atoms with van der Waals surface area (Å²) in [7, 11) is 3.17. The number of carbonyl (C=O) groups is 2. The van der Waals surface area contributed by atoms with E-state index in [-0.39, 0.29) is 12.5 Å². The third-order valence-corrected chi connectivity index (χ3v) is 7.55. The number of fused-ring (bicyclic) bond motifs is 1. The second-order valence-corrected chi connectivity index (χ2v) is 11.7. The zero-order chi connectivity index (χ0) is 30.6. The van der Waals surface area contributed by atoms with Crippen molar-refractivity contribution >= 4 is 40.1 Å². The first-order chi connectivity index (χ1) is 19.9. The number of carboxylic acids is 1. The van der Waals surface area contributed by atoms with Gasteiger partial charge in [0.2, 0.25) is 0 Å². The number of thiophene rings is 1. The van der Waals surface area contributed by atoms with Gasteiger partial charge in [0.15, 0.2) is 11.5 Å². The Bertz CT molecular complexity index is 1600. The maximum atomic E-state index is 12.6. The number of nitrogens with one attached hydrogen (secondary N) is 2. The molecule has 222 valence electrons. The highest BCUT2D eigenvalue weighted by Gasteiger charge is 2.25. The van der Waals surface area contributed by atoms with E-state index in [1.165, 1.54) is 0 Å². The fraction of sp³-hybridized carbons (Fsp3) is 0.355. The molecule has 3 N–H and O–H groups in total. The average molecular weight is 593 g/mol. The molecule has 4 aromatic rings. The summed E-state index contributed by atoms with van der Waals surface area (Å²) in [6, 6.07) is 12.3. The van der Waals surface area contributed by atoms with Crippen molar-refractivity contribution in [1.82, 2.24) is 15.3 Å². The summed E-state index contributed by atoms with van der Waals surface area (Å²) >= 11 is 1.56. The number of ether oxygens (including phenoxy) is 3. The summed E-state index contributed by atoms with van der Waals surface area (Å²) in [5.74, 6) is 1.34. The number of alkyl carbamates (subject to hydrolysis) is 1. The van der Waals surface area contributed by atoms with Gasteiger partial charge < -0.3 is 30.0 Å². The second kappa shape index (κ2) is 12.6. The van der Waals surface area contributed by atoms with Crippen LogP contribution < -0.4 is 20.1 Å². The zero-order valence-electron chi connectivity index (χ0n) is 24.8. The Hall–Kier alpha value is -4.38. The molecular formula is C31H36N4O6S. The monoisotopic (exact) mass is 592 g/mol. The molecule has 42 heavy (non-hydrogen) atoms. The Morgan fingerprint density at radius 2 is 1.81 bits per heavy atom. The van der Waals surface area contributed by atoms with Crippen LogP contribution in [0.25, 0.3) is 22.0 Å². The normalized spacial score (nSPS) is 12.8. The maximum Gasteiger partial charge on any atom is 0.408 e. The van der Waals surface area contributed by atoms with Gasteiger partial charge in [-0.15, -0.1) is 11.3 Å². The first kappa shape index (κ1) is 30.6. The molecule has 0 radical (unpaired) electrons. The molecule has 2 aromatic heterocycles. The van der Waals surface area contributed by atoms with Crippen molar-refractivity contribution in [3.63, 3.8) is 0 Å². The van der Waals surface area contributed by atoms with E-state index in [0.29, 0.717) is 28.7 Å². The van der Waals surface area contributed by atoms with Crippen molar-refractivity contribution < 1.29 is 28.9 Å². The number of carboxylic acid groups (broad SMARTS) is 1. The summed E-state index contributed by atoms with van der Waals surface area (Å²) in [4.78, 5) is 34.6. The number of rotatable bonds is 10.